The third-order valence-electron chi connectivity index (χ3n) is 4.38. The highest BCUT2D eigenvalue weighted by Crippen LogP contribution is 2.48. The van der Waals surface area contributed by atoms with E-state index < -0.39 is 25.1 Å². The fraction of sp³-hybridized carbons (Fsp3) is 0.375. The van der Waals surface area contributed by atoms with Gasteiger partial charge in [0.15, 0.2) is 9.84 Å². The van der Waals surface area contributed by atoms with Crippen molar-refractivity contribution in [2.45, 2.75) is 33.1 Å². The fourth-order valence-corrected chi connectivity index (χ4v) is 7.83. The highest BCUT2D eigenvalue weighted by atomic mass is 35.5. The number of methoxy groups -OCH3 is 1. The second-order valence-electron chi connectivity index (χ2n) is 6.01. The quantitative estimate of drug-likeness (QED) is 0.719. The molecule has 0 fully saturated rings. The van der Waals surface area contributed by atoms with Gasteiger partial charge < -0.3 is 10.1 Å². The van der Waals surface area contributed by atoms with Crippen molar-refractivity contribution in [3.8, 4) is 5.75 Å². The Morgan fingerprint density at radius 3 is 2.44 bits per heavy atom. The van der Waals surface area contributed by atoms with Crippen molar-refractivity contribution in [1.82, 2.24) is 5.32 Å². The van der Waals surface area contributed by atoms with Gasteiger partial charge in [-0.05, 0) is 36.7 Å². The lowest BCUT2D eigenvalue weighted by molar-refractivity contribution is 0.414. The number of hydrogen-bond acceptors (Lipinski definition) is 7. The standard InChI is InChI=1S/C16H20N2O5S3.ClH/c1-3-18-13-9-14(10-4-6-11(23-2)7-5-10)25(19,20)16-12(13)8-15(24-16)26(17,21)22;/h4-8,13-14,18H,3,9H2,1-2H3,(H2,17,21,22);1H. The molecule has 0 spiro atoms. The van der Waals surface area contributed by atoms with Crippen LogP contribution in [0.15, 0.2) is 38.8 Å². The van der Waals surface area contributed by atoms with Crippen LogP contribution >= 0.6 is 23.7 Å². The van der Waals surface area contributed by atoms with E-state index in [1.165, 1.54) is 6.07 Å². The molecule has 0 aliphatic carbocycles. The van der Waals surface area contributed by atoms with Crippen molar-refractivity contribution in [2.75, 3.05) is 13.7 Å². The number of sulfonamides is 1. The minimum atomic E-state index is -3.97. The number of halogens is 1. The van der Waals surface area contributed by atoms with Crippen LogP contribution in [-0.4, -0.2) is 30.5 Å². The number of fused-ring (bicyclic) bond motifs is 1. The number of thiophene rings is 1. The van der Waals surface area contributed by atoms with Crippen LogP contribution in [0.5, 0.6) is 5.75 Å². The zero-order valence-corrected chi connectivity index (χ0v) is 18.0. The van der Waals surface area contributed by atoms with Gasteiger partial charge in [0.2, 0.25) is 10.0 Å². The molecule has 0 saturated carbocycles. The first-order chi connectivity index (χ1) is 12.2. The average molecular weight is 453 g/mol. The number of sulfone groups is 1. The molecule has 7 nitrogen and oxygen atoms in total. The zero-order chi connectivity index (χ0) is 19.1. The van der Waals surface area contributed by atoms with E-state index in [-0.39, 0.29) is 26.9 Å². The summed E-state index contributed by atoms with van der Waals surface area (Å²) < 4.78 is 54.8. The van der Waals surface area contributed by atoms with Gasteiger partial charge in [0.05, 0.1) is 12.4 Å². The van der Waals surface area contributed by atoms with Crippen LogP contribution < -0.4 is 15.2 Å². The van der Waals surface area contributed by atoms with E-state index >= 15 is 0 Å². The maximum atomic E-state index is 13.2. The summed E-state index contributed by atoms with van der Waals surface area (Å²) in [7, 11) is -6.15. The maximum absolute atomic E-state index is 13.2. The van der Waals surface area contributed by atoms with Crippen molar-refractivity contribution < 1.29 is 21.6 Å². The Bertz CT molecular complexity index is 1020. The largest absolute Gasteiger partial charge is 0.497 e. The molecule has 27 heavy (non-hydrogen) atoms. The van der Waals surface area contributed by atoms with E-state index in [0.29, 0.717) is 29.8 Å². The van der Waals surface area contributed by atoms with Gasteiger partial charge in [-0.25, -0.2) is 22.0 Å². The van der Waals surface area contributed by atoms with Crippen molar-refractivity contribution in [1.29, 1.82) is 0 Å². The van der Waals surface area contributed by atoms with Crippen LogP contribution in [0, 0.1) is 0 Å². The summed E-state index contributed by atoms with van der Waals surface area (Å²) in [6.07, 6.45) is 0.316. The van der Waals surface area contributed by atoms with E-state index in [9.17, 15) is 16.8 Å². The summed E-state index contributed by atoms with van der Waals surface area (Å²) in [4.78, 5) is 0. The van der Waals surface area contributed by atoms with Crippen LogP contribution in [0.1, 0.15) is 35.8 Å². The normalized spacial score (nSPS) is 21.1. The maximum Gasteiger partial charge on any atom is 0.247 e. The van der Waals surface area contributed by atoms with Crippen LogP contribution in [0.3, 0.4) is 0 Å². The molecule has 1 aliphatic heterocycles. The lowest BCUT2D eigenvalue weighted by Crippen LogP contribution is -2.30. The van der Waals surface area contributed by atoms with Crippen LogP contribution in [-0.2, 0) is 19.9 Å². The molecule has 0 bridgehead atoms. The Balaban J connectivity index is 0.00000261. The predicted molar refractivity (Wildman–Crippen MR) is 107 cm³/mol. The first-order valence-corrected chi connectivity index (χ1v) is 11.9. The number of rotatable bonds is 5. The van der Waals surface area contributed by atoms with E-state index in [1.54, 1.807) is 31.4 Å². The molecule has 2 aromatic rings. The Morgan fingerprint density at radius 2 is 1.93 bits per heavy atom. The van der Waals surface area contributed by atoms with E-state index in [0.717, 1.165) is 11.3 Å². The third kappa shape index (κ3) is 4.15. The van der Waals surface area contributed by atoms with Crippen molar-refractivity contribution >= 4 is 43.6 Å². The topological polar surface area (TPSA) is 116 Å². The zero-order valence-electron chi connectivity index (χ0n) is 14.7. The number of ether oxygens (including phenoxy) is 1. The van der Waals surface area contributed by atoms with Crippen molar-refractivity contribution in [3.05, 3.63) is 41.5 Å². The molecule has 150 valence electrons. The summed E-state index contributed by atoms with van der Waals surface area (Å²) in [6, 6.07) is 7.99. The first kappa shape index (κ1) is 22.1. The van der Waals surface area contributed by atoms with Crippen LogP contribution in [0.2, 0.25) is 0 Å². The summed E-state index contributed by atoms with van der Waals surface area (Å²) in [5, 5.41) is 7.69. The summed E-state index contributed by atoms with van der Waals surface area (Å²) in [6.45, 7) is 2.54. The molecule has 0 amide bonds. The van der Waals surface area contributed by atoms with Crippen LogP contribution in [0.25, 0.3) is 0 Å². The summed E-state index contributed by atoms with van der Waals surface area (Å²) >= 11 is 0.719. The highest BCUT2D eigenvalue weighted by Gasteiger charge is 2.42. The second-order valence-corrected chi connectivity index (χ2v) is 11.2. The average Bonchev–Trinajstić information content (AvgIpc) is 3.05. The molecule has 3 N–H and O–H groups in total. The number of nitrogens with one attached hydrogen (secondary N) is 1. The molecule has 0 radical (unpaired) electrons. The Morgan fingerprint density at radius 1 is 1.30 bits per heavy atom. The molecule has 2 unspecified atom stereocenters. The fourth-order valence-electron chi connectivity index (χ4n) is 3.14. The van der Waals surface area contributed by atoms with Crippen molar-refractivity contribution in [3.63, 3.8) is 0 Å². The molecule has 1 aliphatic rings. The molecule has 1 aromatic heterocycles. The minimum absolute atomic E-state index is 0. The molecular formula is C16H21ClN2O5S3. The van der Waals surface area contributed by atoms with Gasteiger partial charge >= 0.3 is 0 Å². The first-order valence-electron chi connectivity index (χ1n) is 7.96. The molecular weight excluding hydrogens is 432 g/mol. The molecule has 1 aromatic carbocycles. The number of benzene rings is 1. The van der Waals surface area contributed by atoms with Gasteiger partial charge in [-0.1, -0.05) is 19.1 Å². The minimum Gasteiger partial charge on any atom is -0.497 e. The molecule has 11 heteroatoms. The SMILES string of the molecule is CCNC1CC(c2ccc(OC)cc2)S(=O)(=O)c2sc(S(N)(=O)=O)cc21.Cl. The van der Waals surface area contributed by atoms with E-state index in [4.69, 9.17) is 9.88 Å². The lowest BCUT2D eigenvalue weighted by atomic mass is 9.99. The number of nitrogens with two attached hydrogens (primary N) is 1. The van der Waals surface area contributed by atoms with Gasteiger partial charge in [0.1, 0.15) is 14.2 Å². The Hall–Kier alpha value is -1.17. The van der Waals surface area contributed by atoms with Gasteiger partial charge in [-0.2, -0.15) is 0 Å². The highest BCUT2D eigenvalue weighted by molar-refractivity contribution is 7.95. The smallest absolute Gasteiger partial charge is 0.247 e. The van der Waals surface area contributed by atoms with Gasteiger partial charge in [-0.3, -0.25) is 0 Å². The Labute approximate surface area is 169 Å². The van der Waals surface area contributed by atoms with Gasteiger partial charge in [0.25, 0.3) is 0 Å². The number of primary sulfonamides is 1. The molecule has 2 heterocycles. The monoisotopic (exact) mass is 452 g/mol. The molecule has 0 saturated heterocycles. The summed E-state index contributed by atoms with van der Waals surface area (Å²) in [5.74, 6) is 0.638. The van der Waals surface area contributed by atoms with E-state index in [2.05, 4.69) is 5.32 Å². The summed E-state index contributed by atoms with van der Waals surface area (Å²) in [5.41, 5.74) is 1.12. The molecule has 3 rings (SSSR count). The lowest BCUT2D eigenvalue weighted by Gasteiger charge is -2.30. The van der Waals surface area contributed by atoms with Crippen LogP contribution in [0.4, 0.5) is 0 Å². The van der Waals surface area contributed by atoms with Gasteiger partial charge in [-0.15, -0.1) is 23.7 Å². The van der Waals surface area contributed by atoms with Crippen molar-refractivity contribution in [2.24, 2.45) is 5.14 Å². The Kier molecular flexibility index (Phi) is 6.60. The molecule has 2 atom stereocenters. The predicted octanol–water partition coefficient (Wildman–Crippen LogP) is 2.40. The third-order valence-corrected chi connectivity index (χ3v) is 9.66. The van der Waals surface area contributed by atoms with Gasteiger partial charge in [0, 0.05) is 11.6 Å². The number of hydrogen-bond donors (Lipinski definition) is 2. The second kappa shape index (κ2) is 8.06. The van der Waals surface area contributed by atoms with E-state index in [1.807, 2.05) is 6.92 Å².